The molecule has 1 aromatic rings. The SMILES string of the molecule is CC(C)COc1cccc(CN2CCCC(CO)C2)c1. The van der Waals surface area contributed by atoms with Crippen LogP contribution < -0.4 is 4.74 Å². The van der Waals surface area contributed by atoms with Crippen LogP contribution in [0.15, 0.2) is 24.3 Å². The highest BCUT2D eigenvalue weighted by Gasteiger charge is 2.19. The lowest BCUT2D eigenvalue weighted by Crippen LogP contribution is -2.36. The van der Waals surface area contributed by atoms with E-state index < -0.39 is 0 Å². The number of rotatable bonds is 6. The Bertz CT molecular complexity index is 406. The minimum Gasteiger partial charge on any atom is -0.493 e. The van der Waals surface area contributed by atoms with Crippen molar-refractivity contribution in [3.8, 4) is 5.75 Å². The molecule has 1 fully saturated rings. The fourth-order valence-corrected chi connectivity index (χ4v) is 2.70. The molecule has 1 aromatic carbocycles. The molecule has 1 saturated heterocycles. The van der Waals surface area contributed by atoms with Crippen molar-refractivity contribution in [1.82, 2.24) is 4.90 Å². The Kier molecular flexibility index (Phi) is 5.86. The van der Waals surface area contributed by atoms with Gasteiger partial charge >= 0.3 is 0 Å². The van der Waals surface area contributed by atoms with Crippen molar-refractivity contribution in [2.24, 2.45) is 11.8 Å². The molecular formula is C17H27NO2. The van der Waals surface area contributed by atoms with Crippen molar-refractivity contribution in [3.63, 3.8) is 0 Å². The van der Waals surface area contributed by atoms with E-state index in [4.69, 9.17) is 4.74 Å². The average Bonchev–Trinajstić information content (AvgIpc) is 2.46. The fraction of sp³-hybridized carbons (Fsp3) is 0.647. The molecule has 3 nitrogen and oxygen atoms in total. The van der Waals surface area contributed by atoms with Gasteiger partial charge in [-0.15, -0.1) is 0 Å². The van der Waals surface area contributed by atoms with Gasteiger partial charge in [-0.1, -0.05) is 26.0 Å². The molecule has 0 bridgehead atoms. The molecule has 1 unspecified atom stereocenters. The van der Waals surface area contributed by atoms with Gasteiger partial charge in [-0.3, -0.25) is 4.90 Å². The van der Waals surface area contributed by atoms with Gasteiger partial charge in [0.1, 0.15) is 5.75 Å². The molecule has 0 amide bonds. The highest BCUT2D eigenvalue weighted by atomic mass is 16.5. The molecule has 1 aliphatic heterocycles. The summed E-state index contributed by atoms with van der Waals surface area (Å²) in [6, 6.07) is 8.40. The Balaban J connectivity index is 1.90. The van der Waals surface area contributed by atoms with Crippen LogP contribution in [0.1, 0.15) is 32.3 Å². The molecule has 0 spiro atoms. The van der Waals surface area contributed by atoms with E-state index >= 15 is 0 Å². The maximum atomic E-state index is 9.29. The second-order valence-electron chi connectivity index (χ2n) is 6.28. The van der Waals surface area contributed by atoms with E-state index in [9.17, 15) is 5.11 Å². The molecule has 0 radical (unpaired) electrons. The predicted molar refractivity (Wildman–Crippen MR) is 81.9 cm³/mol. The molecule has 1 N–H and O–H groups in total. The third kappa shape index (κ3) is 4.80. The topological polar surface area (TPSA) is 32.7 Å². The first-order valence-electron chi connectivity index (χ1n) is 7.72. The number of ether oxygens (including phenoxy) is 1. The van der Waals surface area contributed by atoms with Crippen LogP contribution in [-0.4, -0.2) is 36.3 Å². The Morgan fingerprint density at radius 2 is 2.25 bits per heavy atom. The first kappa shape index (κ1) is 15.3. The third-order valence-electron chi connectivity index (χ3n) is 3.75. The van der Waals surface area contributed by atoms with Crippen LogP contribution >= 0.6 is 0 Å². The predicted octanol–water partition coefficient (Wildman–Crippen LogP) is 2.93. The lowest BCUT2D eigenvalue weighted by molar-refractivity contribution is 0.116. The molecule has 112 valence electrons. The van der Waals surface area contributed by atoms with Gasteiger partial charge in [0.05, 0.1) is 6.61 Å². The summed E-state index contributed by atoms with van der Waals surface area (Å²) in [7, 11) is 0. The summed E-state index contributed by atoms with van der Waals surface area (Å²) in [5, 5.41) is 9.29. The van der Waals surface area contributed by atoms with E-state index in [0.29, 0.717) is 18.4 Å². The molecule has 2 rings (SSSR count). The Morgan fingerprint density at radius 3 is 3.00 bits per heavy atom. The molecule has 3 heteroatoms. The number of aliphatic hydroxyl groups is 1. The van der Waals surface area contributed by atoms with Gasteiger partial charge in [0.2, 0.25) is 0 Å². The van der Waals surface area contributed by atoms with Crippen LogP contribution in [0.4, 0.5) is 0 Å². The Labute approximate surface area is 122 Å². The average molecular weight is 277 g/mol. The zero-order valence-electron chi connectivity index (χ0n) is 12.7. The van der Waals surface area contributed by atoms with Gasteiger partial charge in [-0.05, 0) is 48.9 Å². The summed E-state index contributed by atoms with van der Waals surface area (Å²) in [5.41, 5.74) is 1.30. The van der Waals surface area contributed by atoms with Crippen LogP contribution in [0.25, 0.3) is 0 Å². The minimum atomic E-state index is 0.314. The number of nitrogens with zero attached hydrogens (tertiary/aromatic N) is 1. The lowest BCUT2D eigenvalue weighted by Gasteiger charge is -2.31. The maximum absolute atomic E-state index is 9.29. The summed E-state index contributed by atoms with van der Waals surface area (Å²) in [4.78, 5) is 2.44. The van der Waals surface area contributed by atoms with Crippen molar-refractivity contribution in [2.75, 3.05) is 26.3 Å². The number of likely N-dealkylation sites (tertiary alicyclic amines) is 1. The monoisotopic (exact) mass is 277 g/mol. The second-order valence-corrected chi connectivity index (χ2v) is 6.28. The second kappa shape index (κ2) is 7.65. The van der Waals surface area contributed by atoms with Gasteiger partial charge in [-0.25, -0.2) is 0 Å². The summed E-state index contributed by atoms with van der Waals surface area (Å²) in [6.45, 7) is 8.49. The van der Waals surface area contributed by atoms with E-state index in [1.807, 2.05) is 6.07 Å². The first-order valence-corrected chi connectivity index (χ1v) is 7.72. The van der Waals surface area contributed by atoms with Crippen LogP contribution in [-0.2, 0) is 6.54 Å². The smallest absolute Gasteiger partial charge is 0.119 e. The van der Waals surface area contributed by atoms with Crippen molar-refractivity contribution < 1.29 is 9.84 Å². The molecule has 0 saturated carbocycles. The molecule has 1 atom stereocenters. The lowest BCUT2D eigenvalue weighted by atomic mass is 9.98. The molecular weight excluding hydrogens is 250 g/mol. The summed E-state index contributed by atoms with van der Waals surface area (Å²) >= 11 is 0. The van der Waals surface area contributed by atoms with Crippen molar-refractivity contribution in [1.29, 1.82) is 0 Å². The van der Waals surface area contributed by atoms with Crippen molar-refractivity contribution in [3.05, 3.63) is 29.8 Å². The highest BCUT2D eigenvalue weighted by Crippen LogP contribution is 2.20. The van der Waals surface area contributed by atoms with Gasteiger partial charge in [0, 0.05) is 19.7 Å². The van der Waals surface area contributed by atoms with Crippen LogP contribution in [0.5, 0.6) is 5.75 Å². The van der Waals surface area contributed by atoms with E-state index in [-0.39, 0.29) is 0 Å². The summed E-state index contributed by atoms with van der Waals surface area (Å²) < 4.78 is 5.78. The van der Waals surface area contributed by atoms with Crippen LogP contribution in [0, 0.1) is 11.8 Å². The van der Waals surface area contributed by atoms with Gasteiger partial charge in [0.15, 0.2) is 0 Å². The van der Waals surface area contributed by atoms with Crippen molar-refractivity contribution in [2.45, 2.75) is 33.2 Å². The number of piperidine rings is 1. The minimum absolute atomic E-state index is 0.314. The maximum Gasteiger partial charge on any atom is 0.119 e. The highest BCUT2D eigenvalue weighted by molar-refractivity contribution is 5.28. The van der Waals surface area contributed by atoms with E-state index in [2.05, 4.69) is 36.9 Å². The Hall–Kier alpha value is -1.06. The van der Waals surface area contributed by atoms with Gasteiger partial charge in [0.25, 0.3) is 0 Å². The molecule has 0 aliphatic carbocycles. The molecule has 0 aromatic heterocycles. The molecule has 20 heavy (non-hydrogen) atoms. The quantitative estimate of drug-likeness (QED) is 0.868. The van der Waals surface area contributed by atoms with Crippen LogP contribution in [0.2, 0.25) is 0 Å². The number of aliphatic hydroxyl groups excluding tert-OH is 1. The van der Waals surface area contributed by atoms with E-state index in [0.717, 1.165) is 38.4 Å². The largest absolute Gasteiger partial charge is 0.493 e. The number of hydrogen-bond acceptors (Lipinski definition) is 3. The fourth-order valence-electron chi connectivity index (χ4n) is 2.70. The summed E-state index contributed by atoms with van der Waals surface area (Å²) in [6.07, 6.45) is 2.35. The van der Waals surface area contributed by atoms with E-state index in [1.165, 1.54) is 12.0 Å². The number of benzene rings is 1. The molecule has 1 aliphatic rings. The normalized spacial score (nSPS) is 20.3. The van der Waals surface area contributed by atoms with Crippen LogP contribution in [0.3, 0.4) is 0 Å². The Morgan fingerprint density at radius 1 is 1.40 bits per heavy atom. The van der Waals surface area contributed by atoms with E-state index in [1.54, 1.807) is 0 Å². The van der Waals surface area contributed by atoms with Crippen molar-refractivity contribution >= 4 is 0 Å². The van der Waals surface area contributed by atoms with Gasteiger partial charge < -0.3 is 9.84 Å². The summed E-state index contributed by atoms with van der Waals surface area (Å²) in [5.74, 6) is 1.96. The zero-order chi connectivity index (χ0) is 14.4. The molecule has 1 heterocycles. The van der Waals surface area contributed by atoms with Gasteiger partial charge in [-0.2, -0.15) is 0 Å². The number of hydrogen-bond donors (Lipinski definition) is 1. The first-order chi connectivity index (χ1) is 9.67. The third-order valence-corrected chi connectivity index (χ3v) is 3.75. The zero-order valence-corrected chi connectivity index (χ0v) is 12.7. The standard InChI is InChI=1S/C17H27NO2/c1-14(2)13-20-17-7-3-5-15(9-17)10-18-8-4-6-16(11-18)12-19/h3,5,7,9,14,16,19H,4,6,8,10-13H2,1-2H3.